The van der Waals surface area contributed by atoms with Gasteiger partial charge in [0, 0.05) is 0 Å². The van der Waals surface area contributed by atoms with Crippen molar-refractivity contribution in [3.05, 3.63) is 26.4 Å². The summed E-state index contributed by atoms with van der Waals surface area (Å²) in [7, 11) is 0. The summed E-state index contributed by atoms with van der Waals surface area (Å²) >= 11 is 0. The van der Waals surface area contributed by atoms with Gasteiger partial charge in [0.1, 0.15) is 5.56 Å². The van der Waals surface area contributed by atoms with Crippen molar-refractivity contribution < 1.29 is 14.7 Å². The number of aliphatic imine (C=N–C) groups is 1. The van der Waals surface area contributed by atoms with E-state index in [1.807, 2.05) is 4.98 Å². The highest BCUT2D eigenvalue weighted by molar-refractivity contribution is 5.98. The average molecular weight is 241 g/mol. The Kier molecular flexibility index (Phi) is 3.39. The van der Waals surface area contributed by atoms with Gasteiger partial charge in [0.25, 0.3) is 5.56 Å². The lowest BCUT2D eigenvalue weighted by Gasteiger charge is -1.96. The van der Waals surface area contributed by atoms with Gasteiger partial charge in [-0.1, -0.05) is 0 Å². The van der Waals surface area contributed by atoms with Gasteiger partial charge in [0.15, 0.2) is 0 Å². The number of amides is 4. The number of rotatable bonds is 1. The number of hydrogen-bond acceptors (Lipinski definition) is 5. The number of carbonyl (C=O) groups is 2. The first-order valence-corrected chi connectivity index (χ1v) is 4.10. The molecule has 4 amide bonds. The molecule has 1 aromatic rings. The van der Waals surface area contributed by atoms with Crippen LogP contribution in [-0.4, -0.2) is 33.4 Å². The number of nitrogens with zero attached hydrogens (tertiary/aromatic N) is 1. The fourth-order valence-electron chi connectivity index (χ4n) is 0.865. The van der Waals surface area contributed by atoms with E-state index >= 15 is 0 Å². The van der Waals surface area contributed by atoms with E-state index < -0.39 is 34.8 Å². The first-order chi connectivity index (χ1) is 7.90. The van der Waals surface area contributed by atoms with Crippen molar-refractivity contribution in [2.24, 2.45) is 10.7 Å². The molecule has 0 saturated carbocycles. The molecule has 1 heterocycles. The van der Waals surface area contributed by atoms with Crippen LogP contribution in [0.2, 0.25) is 0 Å². The van der Waals surface area contributed by atoms with E-state index in [0.29, 0.717) is 6.21 Å². The summed E-state index contributed by atoms with van der Waals surface area (Å²) in [6.07, 6.45) is 0.669. The maximum atomic E-state index is 11.1. The van der Waals surface area contributed by atoms with Crippen LogP contribution in [0, 0.1) is 0 Å². The van der Waals surface area contributed by atoms with Gasteiger partial charge in [-0.15, -0.1) is 0 Å². The number of aromatic amines is 2. The van der Waals surface area contributed by atoms with Gasteiger partial charge < -0.3 is 10.8 Å². The Morgan fingerprint density at radius 2 is 2.00 bits per heavy atom. The number of carbonyl (C=O) groups excluding carboxylic acids is 2. The first-order valence-electron chi connectivity index (χ1n) is 4.10. The maximum absolute atomic E-state index is 11.1. The number of primary amides is 1. The van der Waals surface area contributed by atoms with Crippen LogP contribution >= 0.6 is 0 Å². The van der Waals surface area contributed by atoms with E-state index in [4.69, 9.17) is 0 Å². The van der Waals surface area contributed by atoms with Crippen LogP contribution in [0.1, 0.15) is 5.56 Å². The number of urea groups is 2. The number of aromatic hydroxyl groups is 1. The second-order valence-corrected chi connectivity index (χ2v) is 2.72. The minimum Gasteiger partial charge on any atom is -0.494 e. The molecule has 0 spiro atoms. The summed E-state index contributed by atoms with van der Waals surface area (Å²) in [5.74, 6) is -0.755. The predicted octanol–water partition coefficient (Wildman–Crippen LogP) is -2.02. The lowest BCUT2D eigenvalue weighted by molar-refractivity contribution is 0.237. The molecular weight excluding hydrogens is 234 g/mol. The highest BCUT2D eigenvalue weighted by atomic mass is 16.3. The molecule has 17 heavy (non-hydrogen) atoms. The van der Waals surface area contributed by atoms with Crippen LogP contribution in [0.3, 0.4) is 0 Å². The third-order valence-corrected chi connectivity index (χ3v) is 1.50. The van der Waals surface area contributed by atoms with Gasteiger partial charge in [-0.2, -0.15) is 0 Å². The molecule has 10 nitrogen and oxygen atoms in total. The van der Waals surface area contributed by atoms with Gasteiger partial charge >= 0.3 is 17.8 Å². The number of aromatic nitrogens is 2. The highest BCUT2D eigenvalue weighted by Gasteiger charge is 2.07. The van der Waals surface area contributed by atoms with E-state index in [2.05, 4.69) is 10.7 Å². The molecule has 1 aromatic heterocycles. The Morgan fingerprint density at radius 1 is 1.35 bits per heavy atom. The first kappa shape index (κ1) is 12.2. The Morgan fingerprint density at radius 3 is 2.53 bits per heavy atom. The van der Waals surface area contributed by atoms with Crippen LogP contribution < -0.4 is 22.3 Å². The molecule has 0 aliphatic heterocycles. The number of nitrogens with one attached hydrogen (secondary N) is 3. The minimum atomic E-state index is -1.12. The monoisotopic (exact) mass is 241 g/mol. The lowest BCUT2D eigenvalue weighted by Crippen LogP contribution is -2.33. The summed E-state index contributed by atoms with van der Waals surface area (Å²) in [4.78, 5) is 49.7. The second-order valence-electron chi connectivity index (χ2n) is 2.72. The van der Waals surface area contributed by atoms with Crippen molar-refractivity contribution in [2.45, 2.75) is 0 Å². The summed E-state index contributed by atoms with van der Waals surface area (Å²) in [5, 5.41) is 10.8. The molecule has 1 rings (SSSR count). The van der Waals surface area contributed by atoms with Gasteiger partial charge in [0.2, 0.25) is 5.88 Å². The fraction of sp³-hybridized carbons (Fsp3) is 0. The van der Waals surface area contributed by atoms with Crippen LogP contribution in [-0.2, 0) is 0 Å². The molecule has 0 saturated heterocycles. The standard InChI is InChI=1S/C7H7N5O5/c8-5(15)12-6(16)9-1-2-3(13)10-7(17)11-4(2)14/h1H,(H3,8,12,15,16)(H3,10,11,13,14,17)/b9-1+. The zero-order valence-electron chi connectivity index (χ0n) is 8.18. The SMILES string of the molecule is NC(=O)NC(=O)/N=C/c1c(O)[nH]c(=O)[nH]c1=O. The molecule has 0 unspecified atom stereocenters. The van der Waals surface area contributed by atoms with Gasteiger partial charge in [-0.05, 0) is 0 Å². The molecule has 0 aliphatic carbocycles. The Balaban J connectivity index is 3.00. The maximum Gasteiger partial charge on any atom is 0.348 e. The number of nitrogens with two attached hydrogens (primary N) is 1. The Hall–Kier alpha value is -2.91. The molecule has 0 aliphatic rings. The molecule has 90 valence electrons. The summed E-state index contributed by atoms with van der Waals surface area (Å²) in [6, 6.07) is -2.24. The lowest BCUT2D eigenvalue weighted by atomic mass is 10.3. The van der Waals surface area contributed by atoms with E-state index in [0.717, 1.165) is 0 Å². The van der Waals surface area contributed by atoms with Crippen molar-refractivity contribution in [1.82, 2.24) is 15.3 Å². The van der Waals surface area contributed by atoms with Crippen LogP contribution in [0.25, 0.3) is 0 Å². The van der Waals surface area contributed by atoms with Crippen molar-refractivity contribution >= 4 is 18.3 Å². The molecule has 0 atom stereocenters. The largest absolute Gasteiger partial charge is 0.494 e. The smallest absolute Gasteiger partial charge is 0.348 e. The molecule has 0 radical (unpaired) electrons. The molecule has 6 N–H and O–H groups in total. The average Bonchev–Trinajstić information content (AvgIpc) is 2.14. The molecular formula is C7H7N5O5. The van der Waals surface area contributed by atoms with Crippen LogP contribution in [0.15, 0.2) is 14.6 Å². The van der Waals surface area contributed by atoms with Crippen LogP contribution in [0.4, 0.5) is 9.59 Å². The minimum absolute atomic E-state index is 0.441. The number of imide groups is 1. The summed E-state index contributed by atoms with van der Waals surface area (Å²) in [6.45, 7) is 0. The van der Waals surface area contributed by atoms with E-state index in [1.165, 1.54) is 0 Å². The number of hydrogen-bond donors (Lipinski definition) is 5. The highest BCUT2D eigenvalue weighted by Crippen LogP contribution is 2.00. The topological polar surface area (TPSA) is 170 Å². The number of H-pyrrole nitrogens is 2. The third-order valence-electron chi connectivity index (χ3n) is 1.50. The summed E-state index contributed by atoms with van der Waals surface area (Å²) in [5.41, 5.74) is 2.34. The van der Waals surface area contributed by atoms with Crippen molar-refractivity contribution in [3.8, 4) is 5.88 Å². The Labute approximate surface area is 92.2 Å². The van der Waals surface area contributed by atoms with Crippen molar-refractivity contribution in [1.29, 1.82) is 0 Å². The van der Waals surface area contributed by atoms with E-state index in [1.54, 1.807) is 10.3 Å². The second kappa shape index (κ2) is 4.74. The van der Waals surface area contributed by atoms with Gasteiger partial charge in [-0.3, -0.25) is 20.1 Å². The fourth-order valence-corrected chi connectivity index (χ4v) is 0.865. The Bertz CT molecular complexity index is 597. The normalized spacial score (nSPS) is 10.4. The van der Waals surface area contributed by atoms with Gasteiger partial charge in [-0.25, -0.2) is 19.4 Å². The van der Waals surface area contributed by atoms with E-state index in [9.17, 15) is 24.3 Å². The zero-order valence-corrected chi connectivity index (χ0v) is 8.18. The van der Waals surface area contributed by atoms with E-state index in [-0.39, 0.29) is 0 Å². The quantitative estimate of drug-likeness (QED) is 0.356. The molecule has 10 heteroatoms. The molecule has 0 aromatic carbocycles. The molecule has 0 fully saturated rings. The predicted molar refractivity (Wildman–Crippen MR) is 55.1 cm³/mol. The zero-order chi connectivity index (χ0) is 13.0. The van der Waals surface area contributed by atoms with Crippen molar-refractivity contribution in [2.75, 3.05) is 0 Å². The van der Waals surface area contributed by atoms with Crippen molar-refractivity contribution in [3.63, 3.8) is 0 Å². The van der Waals surface area contributed by atoms with Gasteiger partial charge in [0.05, 0.1) is 6.21 Å². The molecule has 0 bridgehead atoms. The third kappa shape index (κ3) is 3.30. The van der Waals surface area contributed by atoms with Crippen LogP contribution in [0.5, 0.6) is 5.88 Å². The summed E-state index contributed by atoms with van der Waals surface area (Å²) < 4.78 is 0.